The minimum Gasteiger partial charge on any atom is -0.388 e. The van der Waals surface area contributed by atoms with E-state index < -0.39 is 16.1 Å². The maximum atomic E-state index is 12.3. The van der Waals surface area contributed by atoms with Crippen LogP contribution in [0.1, 0.15) is 29.9 Å². The van der Waals surface area contributed by atoms with Gasteiger partial charge in [0, 0.05) is 15.9 Å². The van der Waals surface area contributed by atoms with E-state index in [0.29, 0.717) is 12.0 Å². The lowest BCUT2D eigenvalue weighted by Crippen LogP contribution is -2.23. The molecule has 1 aromatic carbocycles. The molecule has 1 heterocycles. The maximum absolute atomic E-state index is 12.3. The number of hydrogen-bond acceptors (Lipinski definition) is 4. The molecule has 0 aliphatic rings. The summed E-state index contributed by atoms with van der Waals surface area (Å²) in [6.07, 6.45) is -0.106. The van der Waals surface area contributed by atoms with Gasteiger partial charge in [0.15, 0.2) is 0 Å². The van der Waals surface area contributed by atoms with Crippen molar-refractivity contribution in [1.82, 2.24) is 4.72 Å². The molecule has 1 aromatic heterocycles. The number of aliphatic hydroxyl groups excluding tert-OH is 1. The van der Waals surface area contributed by atoms with Crippen molar-refractivity contribution in [2.45, 2.75) is 30.9 Å². The Bertz CT molecular complexity index is 713. The molecule has 0 radical (unpaired) electrons. The second kappa shape index (κ2) is 7.02. The molecule has 0 amide bonds. The van der Waals surface area contributed by atoms with Gasteiger partial charge >= 0.3 is 0 Å². The standard InChI is InChI=1S/C14H16BrNO3S2/c1-2-13(17)10-4-3-5-11(8-10)21(18,19)16-9-14-12(15)6-7-20-14/h3-8,13,16-17H,2,9H2,1H3. The molecule has 0 saturated carbocycles. The number of rotatable bonds is 6. The smallest absolute Gasteiger partial charge is 0.240 e. The van der Waals surface area contributed by atoms with Crippen molar-refractivity contribution in [2.24, 2.45) is 0 Å². The first-order valence-corrected chi connectivity index (χ1v) is 9.59. The van der Waals surface area contributed by atoms with Crippen LogP contribution in [0.25, 0.3) is 0 Å². The van der Waals surface area contributed by atoms with Gasteiger partial charge in [0.2, 0.25) is 10.0 Å². The van der Waals surface area contributed by atoms with E-state index in [-0.39, 0.29) is 11.4 Å². The molecule has 0 spiro atoms. The van der Waals surface area contributed by atoms with E-state index >= 15 is 0 Å². The number of thiophene rings is 1. The van der Waals surface area contributed by atoms with Crippen LogP contribution in [0.15, 0.2) is 45.1 Å². The van der Waals surface area contributed by atoms with Crippen LogP contribution in [0.5, 0.6) is 0 Å². The summed E-state index contributed by atoms with van der Waals surface area (Å²) in [5, 5.41) is 11.7. The van der Waals surface area contributed by atoms with Crippen LogP contribution in [0.3, 0.4) is 0 Å². The average molecular weight is 390 g/mol. The van der Waals surface area contributed by atoms with Crippen LogP contribution in [0.4, 0.5) is 0 Å². The fraction of sp³-hybridized carbons (Fsp3) is 0.286. The van der Waals surface area contributed by atoms with Gasteiger partial charge in [-0.2, -0.15) is 0 Å². The van der Waals surface area contributed by atoms with E-state index in [1.54, 1.807) is 12.1 Å². The molecule has 0 aliphatic carbocycles. The van der Waals surface area contributed by atoms with E-state index in [4.69, 9.17) is 0 Å². The highest BCUT2D eigenvalue weighted by atomic mass is 79.9. The third-order valence-corrected chi connectivity index (χ3v) is 6.38. The first-order valence-electron chi connectivity index (χ1n) is 6.43. The largest absolute Gasteiger partial charge is 0.388 e. The van der Waals surface area contributed by atoms with Crippen LogP contribution in [-0.4, -0.2) is 13.5 Å². The first kappa shape index (κ1) is 16.6. The van der Waals surface area contributed by atoms with Gasteiger partial charge in [-0.1, -0.05) is 19.1 Å². The highest BCUT2D eigenvalue weighted by Crippen LogP contribution is 2.24. The van der Waals surface area contributed by atoms with Crippen molar-refractivity contribution < 1.29 is 13.5 Å². The Kier molecular flexibility index (Phi) is 5.56. The van der Waals surface area contributed by atoms with Gasteiger partial charge < -0.3 is 5.11 Å². The highest BCUT2D eigenvalue weighted by molar-refractivity contribution is 9.10. The summed E-state index contributed by atoms with van der Waals surface area (Å²) in [4.78, 5) is 1.09. The third kappa shape index (κ3) is 4.14. The van der Waals surface area contributed by atoms with Crippen molar-refractivity contribution in [3.8, 4) is 0 Å². The predicted molar refractivity (Wildman–Crippen MR) is 87.7 cm³/mol. The summed E-state index contributed by atoms with van der Waals surface area (Å²) >= 11 is 4.86. The molecule has 1 unspecified atom stereocenters. The van der Waals surface area contributed by atoms with Crippen molar-refractivity contribution in [1.29, 1.82) is 0 Å². The summed E-state index contributed by atoms with van der Waals surface area (Å²) in [6.45, 7) is 2.08. The molecule has 7 heteroatoms. The van der Waals surface area contributed by atoms with Crippen LogP contribution in [0.2, 0.25) is 0 Å². The summed E-state index contributed by atoms with van der Waals surface area (Å²) in [7, 11) is -3.59. The lowest BCUT2D eigenvalue weighted by Gasteiger charge is -2.11. The van der Waals surface area contributed by atoms with Crippen LogP contribution < -0.4 is 4.72 Å². The third-order valence-electron chi connectivity index (χ3n) is 3.05. The maximum Gasteiger partial charge on any atom is 0.240 e. The van der Waals surface area contributed by atoms with E-state index in [2.05, 4.69) is 20.7 Å². The summed E-state index contributed by atoms with van der Waals surface area (Å²) in [5.74, 6) is 0. The Labute approximate surface area is 137 Å². The monoisotopic (exact) mass is 389 g/mol. The van der Waals surface area contributed by atoms with Crippen molar-refractivity contribution in [3.05, 3.63) is 50.6 Å². The number of hydrogen-bond donors (Lipinski definition) is 2. The number of nitrogens with one attached hydrogen (secondary N) is 1. The Morgan fingerprint density at radius 3 is 2.76 bits per heavy atom. The molecule has 1 atom stereocenters. The van der Waals surface area contributed by atoms with Gasteiger partial charge in [0.05, 0.1) is 11.0 Å². The molecule has 4 nitrogen and oxygen atoms in total. The highest BCUT2D eigenvalue weighted by Gasteiger charge is 2.16. The normalized spacial score (nSPS) is 13.3. The second-order valence-corrected chi connectivity index (χ2v) is 8.13. The lowest BCUT2D eigenvalue weighted by atomic mass is 10.1. The van der Waals surface area contributed by atoms with Gasteiger partial charge in [-0.3, -0.25) is 0 Å². The van der Waals surface area contributed by atoms with Crippen LogP contribution in [-0.2, 0) is 16.6 Å². The number of benzene rings is 1. The van der Waals surface area contributed by atoms with E-state index in [1.807, 2.05) is 18.4 Å². The molecule has 0 bridgehead atoms. The number of halogens is 1. The zero-order valence-electron chi connectivity index (χ0n) is 11.4. The van der Waals surface area contributed by atoms with Crippen LogP contribution >= 0.6 is 27.3 Å². The number of sulfonamides is 1. The quantitative estimate of drug-likeness (QED) is 0.794. The summed E-state index contributed by atoms with van der Waals surface area (Å²) < 4.78 is 28.1. The summed E-state index contributed by atoms with van der Waals surface area (Å²) in [6, 6.07) is 8.29. The molecule has 21 heavy (non-hydrogen) atoms. The molecule has 2 rings (SSSR count). The summed E-state index contributed by atoms with van der Waals surface area (Å²) in [5.41, 5.74) is 0.609. The molecule has 2 N–H and O–H groups in total. The Morgan fingerprint density at radius 1 is 1.38 bits per heavy atom. The number of aliphatic hydroxyl groups is 1. The van der Waals surface area contributed by atoms with Gasteiger partial charge in [0.25, 0.3) is 0 Å². The SMILES string of the molecule is CCC(O)c1cccc(S(=O)(=O)NCc2sccc2Br)c1. The van der Waals surface area contributed by atoms with E-state index in [1.165, 1.54) is 23.5 Å². The molecular formula is C14H16BrNO3S2. The molecule has 114 valence electrons. The fourth-order valence-corrected chi connectivity index (χ4v) is 4.39. The molecule has 0 saturated heterocycles. The van der Waals surface area contributed by atoms with Crippen molar-refractivity contribution in [3.63, 3.8) is 0 Å². The first-order chi connectivity index (χ1) is 9.94. The zero-order valence-corrected chi connectivity index (χ0v) is 14.6. The molecule has 0 aliphatic heterocycles. The Hall–Kier alpha value is -0.730. The Morgan fingerprint density at radius 2 is 2.14 bits per heavy atom. The molecular weight excluding hydrogens is 374 g/mol. The van der Waals surface area contributed by atoms with Crippen LogP contribution in [0, 0.1) is 0 Å². The molecule has 0 fully saturated rings. The minimum atomic E-state index is -3.59. The second-order valence-electron chi connectivity index (χ2n) is 4.51. The fourth-order valence-electron chi connectivity index (χ4n) is 1.82. The molecule has 2 aromatic rings. The van der Waals surface area contributed by atoms with Gasteiger partial charge in [-0.25, -0.2) is 13.1 Å². The van der Waals surface area contributed by atoms with Gasteiger partial charge in [-0.05, 0) is 51.5 Å². The van der Waals surface area contributed by atoms with Crippen molar-refractivity contribution in [2.75, 3.05) is 0 Å². The van der Waals surface area contributed by atoms with E-state index in [9.17, 15) is 13.5 Å². The topological polar surface area (TPSA) is 66.4 Å². The van der Waals surface area contributed by atoms with Gasteiger partial charge in [-0.15, -0.1) is 11.3 Å². The average Bonchev–Trinajstić information content (AvgIpc) is 2.90. The van der Waals surface area contributed by atoms with Crippen molar-refractivity contribution >= 4 is 37.3 Å². The minimum absolute atomic E-state index is 0.167. The Balaban J connectivity index is 2.18. The predicted octanol–water partition coefficient (Wildman–Crippen LogP) is 3.43. The lowest BCUT2D eigenvalue weighted by molar-refractivity contribution is 0.173. The van der Waals surface area contributed by atoms with Gasteiger partial charge in [0.1, 0.15) is 0 Å². The zero-order chi connectivity index (χ0) is 15.5. The van der Waals surface area contributed by atoms with E-state index in [0.717, 1.165) is 9.35 Å².